The van der Waals surface area contributed by atoms with Gasteiger partial charge in [0.25, 0.3) is 5.56 Å². The molecule has 0 saturated carbocycles. The third-order valence-corrected chi connectivity index (χ3v) is 3.75. The quantitative estimate of drug-likeness (QED) is 0.800. The summed E-state index contributed by atoms with van der Waals surface area (Å²) in [5.41, 5.74) is 1.81. The number of pyridine rings is 1. The molecule has 4 heteroatoms. The molecule has 0 radical (unpaired) electrons. The molecule has 18 heavy (non-hydrogen) atoms. The van der Waals surface area contributed by atoms with E-state index in [-0.39, 0.29) is 11.3 Å². The second-order valence-electron chi connectivity index (χ2n) is 4.05. The molecular formula is C14H12BrNO2. The van der Waals surface area contributed by atoms with Gasteiger partial charge < -0.3 is 0 Å². The van der Waals surface area contributed by atoms with Crippen molar-refractivity contribution in [2.45, 2.75) is 13.8 Å². The number of rotatable bonds is 2. The summed E-state index contributed by atoms with van der Waals surface area (Å²) in [6.07, 6.45) is 1.60. The lowest BCUT2D eigenvalue weighted by Gasteiger charge is -2.11. The van der Waals surface area contributed by atoms with E-state index in [1.54, 1.807) is 13.1 Å². The number of nitrogens with zero attached hydrogens (tertiary/aromatic N) is 1. The maximum Gasteiger partial charge on any atom is 0.269 e. The summed E-state index contributed by atoms with van der Waals surface area (Å²) in [5, 5.41) is 0. The zero-order valence-corrected chi connectivity index (χ0v) is 11.7. The Morgan fingerprint density at radius 1 is 1.22 bits per heavy atom. The van der Waals surface area contributed by atoms with E-state index in [9.17, 15) is 9.59 Å². The van der Waals surface area contributed by atoms with Gasteiger partial charge in [-0.3, -0.25) is 14.2 Å². The lowest BCUT2D eigenvalue weighted by Crippen LogP contribution is -2.21. The normalized spacial score (nSPS) is 10.4. The number of carbonyl (C=O) groups is 1. The van der Waals surface area contributed by atoms with Crippen LogP contribution in [0.1, 0.15) is 22.8 Å². The summed E-state index contributed by atoms with van der Waals surface area (Å²) in [6.45, 7) is 3.26. The molecular weight excluding hydrogens is 294 g/mol. The lowest BCUT2D eigenvalue weighted by molar-refractivity contribution is 0.101. The number of hydrogen-bond donors (Lipinski definition) is 0. The average Bonchev–Trinajstić information content (AvgIpc) is 2.37. The SMILES string of the molecule is CC(=O)c1cn(-c2ccccc2)c(=O)c(Br)c1C. The van der Waals surface area contributed by atoms with Crippen molar-refractivity contribution in [3.05, 3.63) is 62.5 Å². The average molecular weight is 306 g/mol. The first-order valence-electron chi connectivity index (χ1n) is 5.50. The van der Waals surface area contributed by atoms with Crippen molar-refractivity contribution in [3.63, 3.8) is 0 Å². The molecule has 0 amide bonds. The van der Waals surface area contributed by atoms with E-state index in [4.69, 9.17) is 0 Å². The minimum absolute atomic E-state index is 0.0575. The second-order valence-corrected chi connectivity index (χ2v) is 4.84. The molecule has 1 aromatic carbocycles. The largest absolute Gasteiger partial charge is 0.294 e. The van der Waals surface area contributed by atoms with Crippen LogP contribution in [-0.2, 0) is 0 Å². The Morgan fingerprint density at radius 3 is 2.39 bits per heavy atom. The van der Waals surface area contributed by atoms with E-state index < -0.39 is 0 Å². The van der Waals surface area contributed by atoms with Gasteiger partial charge in [0, 0.05) is 17.4 Å². The molecule has 3 nitrogen and oxygen atoms in total. The van der Waals surface area contributed by atoms with Crippen molar-refractivity contribution in [2.75, 3.05) is 0 Å². The van der Waals surface area contributed by atoms with Crippen molar-refractivity contribution in [1.29, 1.82) is 0 Å². The van der Waals surface area contributed by atoms with Crippen LogP contribution in [0.4, 0.5) is 0 Å². The van der Waals surface area contributed by atoms with Crippen molar-refractivity contribution >= 4 is 21.7 Å². The van der Waals surface area contributed by atoms with E-state index in [2.05, 4.69) is 15.9 Å². The van der Waals surface area contributed by atoms with Gasteiger partial charge in [-0.2, -0.15) is 0 Å². The maximum atomic E-state index is 12.2. The van der Waals surface area contributed by atoms with Gasteiger partial charge in [0.05, 0.1) is 4.47 Å². The predicted octanol–water partition coefficient (Wildman–Crippen LogP) is 3.11. The van der Waals surface area contributed by atoms with E-state index in [1.807, 2.05) is 30.3 Å². The van der Waals surface area contributed by atoms with Crippen LogP contribution in [0.15, 0.2) is 45.8 Å². The topological polar surface area (TPSA) is 39.1 Å². The molecule has 0 fully saturated rings. The number of hydrogen-bond acceptors (Lipinski definition) is 2. The fourth-order valence-electron chi connectivity index (χ4n) is 1.80. The van der Waals surface area contributed by atoms with Crippen LogP contribution in [0.5, 0.6) is 0 Å². The molecule has 1 heterocycles. The van der Waals surface area contributed by atoms with Crippen LogP contribution < -0.4 is 5.56 Å². The van der Waals surface area contributed by atoms with Gasteiger partial charge in [-0.25, -0.2) is 0 Å². The third-order valence-electron chi connectivity index (χ3n) is 2.81. The van der Waals surface area contributed by atoms with Crippen LogP contribution in [-0.4, -0.2) is 10.4 Å². The Labute approximate surface area is 113 Å². The molecule has 92 valence electrons. The Kier molecular flexibility index (Phi) is 3.48. The van der Waals surface area contributed by atoms with Crippen LogP contribution in [0.25, 0.3) is 5.69 Å². The number of benzene rings is 1. The molecule has 0 spiro atoms. The van der Waals surface area contributed by atoms with Gasteiger partial charge in [0.1, 0.15) is 0 Å². The van der Waals surface area contributed by atoms with Crippen molar-refractivity contribution in [2.24, 2.45) is 0 Å². The molecule has 2 aromatic rings. The molecule has 0 saturated heterocycles. The van der Waals surface area contributed by atoms with Crippen LogP contribution in [0.3, 0.4) is 0 Å². The summed E-state index contributed by atoms with van der Waals surface area (Å²) in [4.78, 5) is 23.7. The van der Waals surface area contributed by atoms with Gasteiger partial charge >= 0.3 is 0 Å². The van der Waals surface area contributed by atoms with Crippen LogP contribution in [0.2, 0.25) is 0 Å². The minimum atomic E-state index is -0.163. The predicted molar refractivity (Wildman–Crippen MR) is 74.5 cm³/mol. The number of halogens is 1. The highest BCUT2D eigenvalue weighted by Gasteiger charge is 2.13. The zero-order chi connectivity index (χ0) is 13.3. The number of Topliss-reactive ketones (excluding diaryl/α,β-unsaturated/α-hetero) is 1. The first kappa shape index (κ1) is 12.8. The van der Waals surface area contributed by atoms with Crippen molar-refractivity contribution in [1.82, 2.24) is 4.57 Å². The van der Waals surface area contributed by atoms with Gasteiger partial charge in [-0.05, 0) is 47.5 Å². The van der Waals surface area contributed by atoms with E-state index in [1.165, 1.54) is 11.5 Å². The number of aromatic nitrogens is 1. The Balaban J connectivity index is 2.77. The molecule has 0 unspecified atom stereocenters. The highest BCUT2D eigenvalue weighted by Crippen LogP contribution is 2.18. The molecule has 0 atom stereocenters. The highest BCUT2D eigenvalue weighted by molar-refractivity contribution is 9.10. The molecule has 0 bridgehead atoms. The van der Waals surface area contributed by atoms with Gasteiger partial charge in [0.2, 0.25) is 0 Å². The Morgan fingerprint density at radius 2 is 1.83 bits per heavy atom. The minimum Gasteiger partial charge on any atom is -0.294 e. The summed E-state index contributed by atoms with van der Waals surface area (Å²) >= 11 is 3.26. The highest BCUT2D eigenvalue weighted by atomic mass is 79.9. The first-order chi connectivity index (χ1) is 8.52. The van der Waals surface area contributed by atoms with Crippen molar-refractivity contribution < 1.29 is 4.79 Å². The third kappa shape index (κ3) is 2.16. The summed E-state index contributed by atoms with van der Waals surface area (Å²) in [5.74, 6) is -0.0575. The molecule has 0 aliphatic heterocycles. The maximum absolute atomic E-state index is 12.2. The second kappa shape index (κ2) is 4.90. The summed E-state index contributed by atoms with van der Waals surface area (Å²) < 4.78 is 1.91. The molecule has 0 N–H and O–H groups in total. The standard InChI is InChI=1S/C14H12BrNO2/c1-9-12(10(2)17)8-16(14(18)13(9)15)11-6-4-3-5-7-11/h3-8H,1-2H3. The fraction of sp³-hybridized carbons (Fsp3) is 0.143. The van der Waals surface area contributed by atoms with Gasteiger partial charge in [-0.15, -0.1) is 0 Å². The Hall–Kier alpha value is -1.68. The monoisotopic (exact) mass is 305 g/mol. The summed E-state index contributed by atoms with van der Waals surface area (Å²) in [6, 6.07) is 9.23. The number of para-hydroxylation sites is 1. The van der Waals surface area contributed by atoms with Crippen molar-refractivity contribution in [3.8, 4) is 5.69 Å². The lowest BCUT2D eigenvalue weighted by atomic mass is 10.1. The number of carbonyl (C=O) groups excluding carboxylic acids is 1. The summed E-state index contributed by atoms with van der Waals surface area (Å²) in [7, 11) is 0. The van der Waals surface area contributed by atoms with Gasteiger partial charge in [0.15, 0.2) is 5.78 Å². The van der Waals surface area contributed by atoms with E-state index >= 15 is 0 Å². The Bertz CT molecular complexity index is 659. The number of ketones is 1. The molecule has 0 aliphatic rings. The van der Waals surface area contributed by atoms with Crippen LogP contribution >= 0.6 is 15.9 Å². The molecule has 2 rings (SSSR count). The van der Waals surface area contributed by atoms with E-state index in [0.29, 0.717) is 15.6 Å². The first-order valence-corrected chi connectivity index (χ1v) is 6.30. The molecule has 1 aromatic heterocycles. The smallest absolute Gasteiger partial charge is 0.269 e. The van der Waals surface area contributed by atoms with Crippen LogP contribution in [0, 0.1) is 6.92 Å². The molecule has 0 aliphatic carbocycles. The van der Waals surface area contributed by atoms with E-state index in [0.717, 1.165) is 5.69 Å². The fourth-order valence-corrected chi connectivity index (χ4v) is 2.21. The zero-order valence-electron chi connectivity index (χ0n) is 10.1. The van der Waals surface area contributed by atoms with Gasteiger partial charge in [-0.1, -0.05) is 18.2 Å².